The first-order chi connectivity index (χ1) is 17.5. The monoisotopic (exact) mass is 491 g/mol. The van der Waals surface area contributed by atoms with E-state index in [2.05, 4.69) is 0 Å². The summed E-state index contributed by atoms with van der Waals surface area (Å²) in [5, 5.41) is 0.519. The fraction of sp³-hybridized carbons (Fsp3) is 0.129. The van der Waals surface area contributed by atoms with E-state index >= 15 is 0 Å². The minimum atomic E-state index is -1.23. The maximum atomic E-state index is 14.3. The van der Waals surface area contributed by atoms with E-state index < -0.39 is 17.3 Å². The maximum absolute atomic E-state index is 14.3. The van der Waals surface area contributed by atoms with Crippen LogP contribution in [0.1, 0.15) is 31.8 Å². The van der Waals surface area contributed by atoms with Gasteiger partial charge in [-0.1, -0.05) is 90.5 Å². The van der Waals surface area contributed by atoms with Crippen LogP contribution in [-0.4, -0.2) is 17.5 Å². The zero-order chi connectivity index (χ0) is 24.9. The van der Waals surface area contributed by atoms with Gasteiger partial charge in [-0.15, -0.1) is 0 Å². The molecule has 0 aromatic heterocycles. The number of ketones is 2. The fourth-order valence-corrected chi connectivity index (χ4v) is 5.84. The van der Waals surface area contributed by atoms with Crippen LogP contribution < -0.4 is 4.90 Å². The SMILES string of the molecule is O=C(c1ccccc1)[C@H]1[C@H](C(=O)c2ccc(Cl)cc2)[C@@]12C(=O)N(Cc1ccccc1)c1ccccc12. The van der Waals surface area contributed by atoms with Crippen LogP contribution in [0.2, 0.25) is 5.02 Å². The van der Waals surface area contributed by atoms with Gasteiger partial charge >= 0.3 is 0 Å². The van der Waals surface area contributed by atoms with Gasteiger partial charge in [0.15, 0.2) is 11.6 Å². The van der Waals surface area contributed by atoms with E-state index in [9.17, 15) is 14.4 Å². The van der Waals surface area contributed by atoms with Crippen LogP contribution in [0.3, 0.4) is 0 Å². The van der Waals surface area contributed by atoms with Gasteiger partial charge in [-0.3, -0.25) is 14.4 Å². The molecule has 2 aliphatic rings. The van der Waals surface area contributed by atoms with Crippen LogP contribution in [-0.2, 0) is 16.8 Å². The van der Waals surface area contributed by atoms with Crippen molar-refractivity contribution in [3.8, 4) is 0 Å². The lowest BCUT2D eigenvalue weighted by Gasteiger charge is -2.18. The Morgan fingerprint density at radius 3 is 1.86 bits per heavy atom. The van der Waals surface area contributed by atoms with Crippen molar-refractivity contribution in [3.05, 3.63) is 136 Å². The molecule has 4 nitrogen and oxygen atoms in total. The summed E-state index contributed by atoms with van der Waals surface area (Å²) in [6.07, 6.45) is 0. The predicted octanol–water partition coefficient (Wildman–Crippen LogP) is 6.14. The standard InChI is InChI=1S/C31H22ClNO3/c32-23-17-15-22(16-18-23)29(35)27-26(28(34)21-11-5-2-6-12-21)31(27)24-13-7-8-14-25(24)33(30(31)36)19-20-9-3-1-4-10-20/h1-18,26-27H,19H2/t26-,27-,31+/m1/s1. The number of carbonyl (C=O) groups is 3. The Kier molecular flexibility index (Phi) is 5.35. The highest BCUT2D eigenvalue weighted by atomic mass is 35.5. The Hall–Kier alpha value is -4.02. The minimum absolute atomic E-state index is 0.187. The summed E-state index contributed by atoms with van der Waals surface area (Å²) in [5.74, 6) is -2.18. The van der Waals surface area contributed by atoms with Gasteiger partial charge in [0.2, 0.25) is 5.91 Å². The van der Waals surface area contributed by atoms with Crippen molar-refractivity contribution >= 4 is 34.8 Å². The minimum Gasteiger partial charge on any atom is -0.307 e. The lowest BCUT2D eigenvalue weighted by Crippen LogP contribution is -2.35. The van der Waals surface area contributed by atoms with Crippen molar-refractivity contribution < 1.29 is 14.4 Å². The summed E-state index contributed by atoms with van der Waals surface area (Å²) >= 11 is 6.05. The van der Waals surface area contributed by atoms with Crippen LogP contribution in [0, 0.1) is 11.8 Å². The zero-order valence-corrected chi connectivity index (χ0v) is 20.1. The first-order valence-corrected chi connectivity index (χ1v) is 12.3. The Balaban J connectivity index is 1.48. The molecular formula is C31H22ClNO3. The van der Waals surface area contributed by atoms with Gasteiger partial charge in [0.25, 0.3) is 0 Å². The van der Waals surface area contributed by atoms with E-state index in [0.717, 1.165) is 16.8 Å². The van der Waals surface area contributed by atoms with Crippen molar-refractivity contribution in [2.45, 2.75) is 12.0 Å². The summed E-state index contributed by atoms with van der Waals surface area (Å²) in [7, 11) is 0. The largest absolute Gasteiger partial charge is 0.307 e. The van der Waals surface area contributed by atoms with Gasteiger partial charge < -0.3 is 4.90 Å². The Morgan fingerprint density at radius 2 is 1.22 bits per heavy atom. The highest BCUT2D eigenvalue weighted by Crippen LogP contribution is 2.67. The second-order valence-corrected chi connectivity index (χ2v) is 9.76. The van der Waals surface area contributed by atoms with Crippen LogP contribution in [0.15, 0.2) is 109 Å². The van der Waals surface area contributed by atoms with Crippen molar-refractivity contribution in [1.82, 2.24) is 0 Å². The first-order valence-electron chi connectivity index (χ1n) is 11.9. The van der Waals surface area contributed by atoms with Gasteiger partial charge in [0.1, 0.15) is 0 Å². The molecule has 1 saturated carbocycles. The molecule has 1 fully saturated rings. The number of para-hydroxylation sites is 1. The fourth-order valence-electron chi connectivity index (χ4n) is 5.71. The number of halogens is 1. The first kappa shape index (κ1) is 22.4. The molecule has 0 bridgehead atoms. The third-order valence-electron chi connectivity index (χ3n) is 7.38. The lowest BCUT2D eigenvalue weighted by atomic mass is 9.90. The average molecular weight is 492 g/mol. The predicted molar refractivity (Wildman–Crippen MR) is 139 cm³/mol. The molecule has 0 saturated heterocycles. The molecule has 176 valence electrons. The topological polar surface area (TPSA) is 54.5 Å². The lowest BCUT2D eigenvalue weighted by molar-refractivity contribution is -0.120. The summed E-state index contributed by atoms with van der Waals surface area (Å²) in [6, 6.07) is 32.8. The van der Waals surface area contributed by atoms with Crippen molar-refractivity contribution in [3.63, 3.8) is 0 Å². The summed E-state index contributed by atoms with van der Waals surface area (Å²) in [5.41, 5.74) is 2.19. The van der Waals surface area contributed by atoms with Gasteiger partial charge in [0.05, 0.1) is 23.8 Å². The highest BCUT2D eigenvalue weighted by Gasteiger charge is 2.79. The van der Waals surface area contributed by atoms with Crippen LogP contribution in [0.4, 0.5) is 5.69 Å². The van der Waals surface area contributed by atoms with E-state index in [-0.39, 0.29) is 17.5 Å². The number of amides is 1. The molecule has 0 N–H and O–H groups in total. The Morgan fingerprint density at radius 1 is 0.694 bits per heavy atom. The van der Waals surface area contributed by atoms with E-state index in [1.165, 1.54) is 0 Å². The Labute approximate surface area is 214 Å². The molecule has 3 atom stereocenters. The molecule has 0 radical (unpaired) electrons. The van der Waals surface area contributed by atoms with E-state index in [4.69, 9.17) is 11.6 Å². The van der Waals surface area contributed by atoms with Gasteiger partial charge in [0, 0.05) is 21.8 Å². The molecule has 5 heteroatoms. The number of hydrogen-bond acceptors (Lipinski definition) is 3. The average Bonchev–Trinajstić information content (AvgIpc) is 3.57. The van der Waals surface area contributed by atoms with Gasteiger partial charge in [-0.25, -0.2) is 0 Å². The molecule has 1 aliphatic heterocycles. The number of benzene rings is 4. The second kappa shape index (κ2) is 8.58. The highest BCUT2D eigenvalue weighted by molar-refractivity contribution is 6.30. The molecule has 4 aromatic carbocycles. The van der Waals surface area contributed by atoms with Crippen LogP contribution >= 0.6 is 11.6 Å². The number of anilines is 1. The summed E-state index contributed by atoms with van der Waals surface area (Å²) in [6.45, 7) is 0.368. The van der Waals surface area contributed by atoms with E-state index in [0.29, 0.717) is 22.7 Å². The summed E-state index contributed by atoms with van der Waals surface area (Å²) < 4.78 is 0. The molecule has 1 spiro atoms. The van der Waals surface area contributed by atoms with Gasteiger partial charge in [-0.2, -0.15) is 0 Å². The Bertz CT molecular complexity index is 1480. The van der Waals surface area contributed by atoms with Crippen molar-refractivity contribution in [1.29, 1.82) is 0 Å². The van der Waals surface area contributed by atoms with E-state index in [1.807, 2.05) is 60.7 Å². The van der Waals surface area contributed by atoms with Crippen molar-refractivity contribution in [2.24, 2.45) is 11.8 Å². The molecule has 6 rings (SSSR count). The third-order valence-corrected chi connectivity index (χ3v) is 7.63. The normalized spacial score (nSPS) is 21.9. The van der Waals surface area contributed by atoms with Gasteiger partial charge in [-0.05, 0) is 41.5 Å². The number of hydrogen-bond donors (Lipinski definition) is 0. The quantitative estimate of drug-likeness (QED) is 0.304. The summed E-state index contributed by atoms with van der Waals surface area (Å²) in [4.78, 5) is 43.7. The number of rotatable bonds is 6. The molecule has 4 aromatic rings. The third kappa shape index (κ3) is 3.33. The molecule has 1 heterocycles. The number of carbonyl (C=O) groups excluding carboxylic acids is 3. The number of fused-ring (bicyclic) bond motifs is 2. The van der Waals surface area contributed by atoms with Crippen molar-refractivity contribution in [2.75, 3.05) is 4.90 Å². The number of nitrogens with zero attached hydrogens (tertiary/aromatic N) is 1. The second-order valence-electron chi connectivity index (χ2n) is 9.32. The van der Waals surface area contributed by atoms with Crippen LogP contribution in [0.5, 0.6) is 0 Å². The van der Waals surface area contributed by atoms with Crippen LogP contribution in [0.25, 0.3) is 0 Å². The van der Waals surface area contributed by atoms with E-state index in [1.54, 1.807) is 53.4 Å². The smallest absolute Gasteiger partial charge is 0.239 e. The molecule has 36 heavy (non-hydrogen) atoms. The molecular weight excluding hydrogens is 470 g/mol. The zero-order valence-electron chi connectivity index (χ0n) is 19.3. The molecule has 1 aliphatic carbocycles. The number of Topliss-reactive ketones (excluding diaryl/α,β-unsaturated/α-hetero) is 2. The maximum Gasteiger partial charge on any atom is 0.239 e. The molecule has 0 unspecified atom stereocenters. The molecule has 1 amide bonds.